The van der Waals surface area contributed by atoms with Crippen LogP contribution < -0.4 is 9.41 Å². The third-order valence-corrected chi connectivity index (χ3v) is 0. The Morgan fingerprint density at radius 3 is 1.00 bits per heavy atom. The van der Waals surface area contributed by atoms with Gasteiger partial charge in [-0.1, -0.05) is 0 Å². The van der Waals surface area contributed by atoms with E-state index in [0.29, 0.717) is 0 Å². The van der Waals surface area contributed by atoms with Gasteiger partial charge in [-0.25, -0.2) is 4.57 Å². The van der Waals surface area contributed by atoms with Gasteiger partial charge in [0.2, 0.25) is 0 Å². The molecule has 0 atom stereocenters. The molecule has 0 heterocycles. The fourth-order valence-corrected chi connectivity index (χ4v) is 0. The smallest absolute Gasteiger partial charge is 1.00 e. The van der Waals surface area contributed by atoms with Crippen LogP contribution in [0.15, 0.2) is 0 Å². The molecule has 0 fully saturated rings. The van der Waals surface area contributed by atoms with E-state index in [9.17, 15) is 0 Å². The zero-order valence-corrected chi connectivity index (χ0v) is 6.76. The van der Waals surface area contributed by atoms with Crippen molar-refractivity contribution in [1.82, 2.24) is 0 Å². The Labute approximate surface area is 73.9 Å². The molecule has 48 valence electrons. The first-order chi connectivity index (χ1) is 2.00. The maximum absolute atomic E-state index is 8.88. The normalized spacial score (nSPS) is 7.38. The Hall–Kier alpha value is 1.23. The van der Waals surface area contributed by atoms with Crippen molar-refractivity contribution in [3.63, 3.8) is 0 Å². The van der Waals surface area contributed by atoms with Crippen LogP contribution in [0.4, 0.5) is 0 Å². The molecule has 0 unspecified atom stereocenters. The number of halogens is 2. The molecule has 0 bridgehead atoms. The van der Waals surface area contributed by atoms with Crippen LogP contribution in [-0.4, -0.2) is 52.4 Å². The second-order valence-electron chi connectivity index (χ2n) is 0.513. The van der Waals surface area contributed by atoms with Crippen molar-refractivity contribution >= 4 is 45.6 Å². The summed E-state index contributed by atoms with van der Waals surface area (Å²) >= 11 is 0. The molecule has 4 nitrogen and oxygen atoms in total. The largest absolute Gasteiger partial charge is 2.00 e. The molecule has 8 heteroatoms. The average molecular weight is 176 g/mol. The molecule has 0 rings (SSSR count). The van der Waals surface area contributed by atoms with Crippen molar-refractivity contribution in [2.45, 2.75) is 0 Å². The molecular weight excluding hydrogens is 173 g/mol. The Morgan fingerprint density at radius 2 is 1.00 bits per heavy atom. The standard InChI is InChI=1S/Ca.2FH.H3O4P/c;;;1-5(2,3)4/h;2*1H;(H3,1,2,3,4)/q+2;;;/p-2. The minimum Gasteiger partial charge on any atom is -1.00 e. The molecule has 0 aromatic rings. The van der Waals surface area contributed by atoms with Gasteiger partial charge in [-0.15, -0.1) is 0 Å². The van der Waals surface area contributed by atoms with Crippen LogP contribution in [0.3, 0.4) is 0 Å². The number of phosphoric acid groups is 1. The molecule has 0 amide bonds. The van der Waals surface area contributed by atoms with Gasteiger partial charge in [-0.3, -0.25) is 0 Å². The first kappa shape index (κ1) is 22.9. The summed E-state index contributed by atoms with van der Waals surface area (Å²) in [7, 11) is -4.64. The summed E-state index contributed by atoms with van der Waals surface area (Å²) in [6, 6.07) is 0. The molecule has 3 N–H and O–H groups in total. The van der Waals surface area contributed by atoms with Crippen LogP contribution in [-0.2, 0) is 4.57 Å². The Bertz CT molecular complexity index is 60.2. The maximum Gasteiger partial charge on any atom is 2.00 e. The summed E-state index contributed by atoms with van der Waals surface area (Å²) in [5, 5.41) is 0. The van der Waals surface area contributed by atoms with Gasteiger partial charge in [0.25, 0.3) is 0 Å². The molecule has 0 aromatic carbocycles. The topological polar surface area (TPSA) is 77.8 Å². The van der Waals surface area contributed by atoms with Crippen molar-refractivity contribution in [1.29, 1.82) is 0 Å². The Kier molecular flexibility index (Phi) is 23.5. The summed E-state index contributed by atoms with van der Waals surface area (Å²) in [6.07, 6.45) is 0. The molecule has 0 aromatic heterocycles. The van der Waals surface area contributed by atoms with Crippen molar-refractivity contribution in [2.75, 3.05) is 0 Å². The van der Waals surface area contributed by atoms with Crippen molar-refractivity contribution in [3.05, 3.63) is 0 Å². The van der Waals surface area contributed by atoms with E-state index in [1.54, 1.807) is 0 Å². The van der Waals surface area contributed by atoms with Gasteiger partial charge in [-0.05, 0) is 0 Å². The third-order valence-electron chi connectivity index (χ3n) is 0. The Morgan fingerprint density at radius 1 is 1.00 bits per heavy atom. The molecule has 0 spiro atoms. The van der Waals surface area contributed by atoms with Crippen molar-refractivity contribution in [2.24, 2.45) is 0 Å². The average Bonchev–Trinajstić information content (AvgIpc) is 0.722. The van der Waals surface area contributed by atoms with Crippen LogP contribution in [0.25, 0.3) is 0 Å². The molecule has 0 saturated carbocycles. The van der Waals surface area contributed by atoms with Crippen LogP contribution in [0.2, 0.25) is 0 Å². The minimum absolute atomic E-state index is 0. The van der Waals surface area contributed by atoms with Crippen molar-refractivity contribution in [3.8, 4) is 0 Å². The fraction of sp³-hybridized carbons (Fsp3) is 0. The Balaban J connectivity index is -0.0000000267. The van der Waals surface area contributed by atoms with E-state index in [-0.39, 0.29) is 47.1 Å². The summed E-state index contributed by atoms with van der Waals surface area (Å²) in [5.41, 5.74) is 0. The molecule has 0 aliphatic heterocycles. The molecular formula is H3CaF2O4P. The molecule has 0 aliphatic rings. The SMILES string of the molecule is O=P(O)(O)O.[Ca+2].[F-].[F-]. The van der Waals surface area contributed by atoms with Crippen molar-refractivity contribution < 1.29 is 28.7 Å². The molecule has 0 radical (unpaired) electrons. The van der Waals surface area contributed by atoms with Gasteiger partial charge in [0.1, 0.15) is 0 Å². The second kappa shape index (κ2) is 8.23. The zero-order valence-electron chi connectivity index (χ0n) is 3.66. The summed E-state index contributed by atoms with van der Waals surface area (Å²) in [4.78, 5) is 21.6. The van der Waals surface area contributed by atoms with Gasteiger partial charge in [-0.2, -0.15) is 0 Å². The van der Waals surface area contributed by atoms with E-state index in [1.165, 1.54) is 0 Å². The third kappa shape index (κ3) is 186. The van der Waals surface area contributed by atoms with Crippen LogP contribution in [0, 0.1) is 0 Å². The van der Waals surface area contributed by atoms with E-state index in [4.69, 9.17) is 19.2 Å². The van der Waals surface area contributed by atoms with E-state index >= 15 is 0 Å². The fourth-order valence-electron chi connectivity index (χ4n) is 0. The quantitative estimate of drug-likeness (QED) is 0.253. The number of hydrogen-bond donors (Lipinski definition) is 3. The van der Waals surface area contributed by atoms with E-state index in [2.05, 4.69) is 0 Å². The maximum atomic E-state index is 8.88. The molecule has 0 aliphatic carbocycles. The number of rotatable bonds is 0. The molecule has 8 heavy (non-hydrogen) atoms. The van der Waals surface area contributed by atoms with Gasteiger partial charge in [0.15, 0.2) is 0 Å². The van der Waals surface area contributed by atoms with Gasteiger partial charge < -0.3 is 24.1 Å². The summed E-state index contributed by atoms with van der Waals surface area (Å²) in [5.74, 6) is 0. The number of hydrogen-bond acceptors (Lipinski definition) is 1. The van der Waals surface area contributed by atoms with E-state index < -0.39 is 7.82 Å². The monoisotopic (exact) mass is 176 g/mol. The summed E-state index contributed by atoms with van der Waals surface area (Å²) < 4.78 is 8.88. The van der Waals surface area contributed by atoms with Crippen LogP contribution in [0.5, 0.6) is 0 Å². The second-order valence-corrected chi connectivity index (χ2v) is 1.54. The minimum atomic E-state index is -4.64. The van der Waals surface area contributed by atoms with E-state index in [1.807, 2.05) is 0 Å². The van der Waals surface area contributed by atoms with Crippen LogP contribution in [0.1, 0.15) is 0 Å². The van der Waals surface area contributed by atoms with E-state index in [0.717, 1.165) is 0 Å². The zero-order chi connectivity index (χ0) is 4.50. The summed E-state index contributed by atoms with van der Waals surface area (Å²) in [6.45, 7) is 0. The first-order valence-electron chi connectivity index (χ1n) is 0.783. The predicted molar refractivity (Wildman–Crippen MR) is 20.0 cm³/mol. The first-order valence-corrected chi connectivity index (χ1v) is 2.35. The van der Waals surface area contributed by atoms with Gasteiger partial charge in [0, 0.05) is 0 Å². The van der Waals surface area contributed by atoms with Gasteiger partial charge in [0.05, 0.1) is 0 Å². The van der Waals surface area contributed by atoms with Crippen LogP contribution >= 0.6 is 7.82 Å². The van der Waals surface area contributed by atoms with Gasteiger partial charge >= 0.3 is 45.6 Å². The predicted octanol–water partition coefficient (Wildman–Crippen LogP) is -7.30. The molecule has 0 saturated heterocycles.